The first kappa shape index (κ1) is 26.4. The van der Waals surface area contributed by atoms with Crippen LogP contribution in [0.3, 0.4) is 0 Å². The maximum Gasteiger partial charge on any atom is 0.259 e. The molecule has 0 spiro atoms. The van der Waals surface area contributed by atoms with E-state index < -0.39 is 0 Å². The van der Waals surface area contributed by atoms with Gasteiger partial charge in [0.1, 0.15) is 17.4 Å². The highest BCUT2D eigenvalue weighted by Crippen LogP contribution is 2.41. The smallest absolute Gasteiger partial charge is 0.259 e. The van der Waals surface area contributed by atoms with Crippen molar-refractivity contribution in [2.75, 3.05) is 12.4 Å². The Balaban J connectivity index is 1.41. The number of ether oxygens (including phenoxy) is 2. The fourth-order valence-corrected chi connectivity index (χ4v) is 6.46. The molecule has 8 heteroatoms. The molecule has 194 valence electrons. The topological polar surface area (TPSA) is 59.9 Å². The van der Waals surface area contributed by atoms with Crippen LogP contribution in [0.2, 0.25) is 0 Å². The monoisotopic (exact) mass is 640 g/mol. The third kappa shape index (κ3) is 5.91. The number of anilines is 1. The van der Waals surface area contributed by atoms with Crippen LogP contribution < -0.4 is 14.8 Å². The molecule has 1 heterocycles. The molecule has 5 nitrogen and oxygen atoms in total. The summed E-state index contributed by atoms with van der Waals surface area (Å²) in [5.41, 5.74) is 3.82. The van der Waals surface area contributed by atoms with E-state index >= 15 is 0 Å². The third-order valence-corrected chi connectivity index (χ3v) is 8.33. The van der Waals surface area contributed by atoms with Crippen LogP contribution in [0.4, 0.5) is 15.1 Å². The van der Waals surface area contributed by atoms with Crippen LogP contribution in [0.15, 0.2) is 71.7 Å². The van der Waals surface area contributed by atoms with Crippen molar-refractivity contribution in [1.82, 2.24) is 0 Å². The number of carbonyl (C=O) groups excluding carboxylic acids is 1. The number of hydrogen-bond donors (Lipinski definition) is 1. The van der Waals surface area contributed by atoms with E-state index in [9.17, 15) is 9.18 Å². The van der Waals surface area contributed by atoms with Gasteiger partial charge in [-0.05, 0) is 89.7 Å². The normalized spacial score (nSPS) is 12.8. The number of methoxy groups -OCH3 is 1. The van der Waals surface area contributed by atoms with E-state index in [4.69, 9.17) is 14.5 Å². The molecule has 1 amide bonds. The number of para-hydroxylation sites is 1. The van der Waals surface area contributed by atoms with Gasteiger partial charge >= 0.3 is 0 Å². The van der Waals surface area contributed by atoms with Crippen molar-refractivity contribution < 1.29 is 18.7 Å². The maximum absolute atomic E-state index is 14.0. The summed E-state index contributed by atoms with van der Waals surface area (Å²) in [6.07, 6.45) is 5.81. The molecule has 4 aromatic rings. The molecular weight excluding hydrogens is 614 g/mol. The predicted molar refractivity (Wildman–Crippen MR) is 159 cm³/mol. The highest BCUT2D eigenvalue weighted by molar-refractivity contribution is 14.1. The zero-order chi connectivity index (χ0) is 26.5. The molecule has 0 radical (unpaired) electrons. The van der Waals surface area contributed by atoms with Crippen molar-refractivity contribution >= 4 is 56.7 Å². The number of nitrogens with one attached hydrogen (secondary N) is 1. The first-order chi connectivity index (χ1) is 18.5. The summed E-state index contributed by atoms with van der Waals surface area (Å²) in [7, 11) is 1.57. The molecule has 1 aliphatic rings. The van der Waals surface area contributed by atoms with Gasteiger partial charge in [0.05, 0.1) is 16.2 Å². The minimum absolute atomic E-state index is 0.0904. The van der Waals surface area contributed by atoms with E-state index in [1.165, 1.54) is 10.9 Å². The SMILES string of the molecule is COc1cc(C=Nc2sc3c(c2C(=O)Nc2ccccc2)CCCC3)cc(I)c1OCc1ccccc1F. The molecule has 0 bridgehead atoms. The summed E-state index contributed by atoms with van der Waals surface area (Å²) < 4.78 is 26.4. The van der Waals surface area contributed by atoms with E-state index in [1.807, 2.05) is 42.5 Å². The Bertz CT molecular complexity index is 1490. The van der Waals surface area contributed by atoms with Crippen molar-refractivity contribution in [3.63, 3.8) is 0 Å². The number of carbonyl (C=O) groups is 1. The number of amides is 1. The van der Waals surface area contributed by atoms with Crippen LogP contribution in [0, 0.1) is 9.39 Å². The van der Waals surface area contributed by atoms with Crippen molar-refractivity contribution in [3.05, 3.63) is 103 Å². The first-order valence-corrected chi connectivity index (χ1v) is 14.2. The van der Waals surface area contributed by atoms with Crippen LogP contribution in [0.5, 0.6) is 11.5 Å². The highest BCUT2D eigenvalue weighted by Gasteiger charge is 2.25. The van der Waals surface area contributed by atoms with Gasteiger partial charge in [0.15, 0.2) is 11.5 Å². The summed E-state index contributed by atoms with van der Waals surface area (Å²) >= 11 is 3.77. The zero-order valence-electron chi connectivity index (χ0n) is 20.8. The first-order valence-electron chi connectivity index (χ1n) is 12.3. The summed E-state index contributed by atoms with van der Waals surface area (Å²) in [4.78, 5) is 19.4. The Labute approximate surface area is 238 Å². The Morgan fingerprint density at radius 1 is 1.11 bits per heavy atom. The van der Waals surface area contributed by atoms with Gasteiger partial charge in [-0.15, -0.1) is 11.3 Å². The van der Waals surface area contributed by atoms with Gasteiger partial charge < -0.3 is 14.8 Å². The molecule has 3 aromatic carbocycles. The van der Waals surface area contributed by atoms with E-state index in [0.29, 0.717) is 27.6 Å². The van der Waals surface area contributed by atoms with Gasteiger partial charge in [-0.1, -0.05) is 36.4 Å². The number of thiophene rings is 1. The van der Waals surface area contributed by atoms with Crippen LogP contribution in [-0.2, 0) is 19.4 Å². The number of rotatable bonds is 8. The van der Waals surface area contributed by atoms with Crippen LogP contribution in [0.25, 0.3) is 0 Å². The Morgan fingerprint density at radius 2 is 1.87 bits per heavy atom. The van der Waals surface area contributed by atoms with Gasteiger partial charge in [0.25, 0.3) is 5.91 Å². The second-order valence-electron chi connectivity index (χ2n) is 8.88. The Kier molecular flexibility index (Phi) is 8.38. The van der Waals surface area contributed by atoms with Crippen molar-refractivity contribution in [1.29, 1.82) is 0 Å². The van der Waals surface area contributed by atoms with Crippen molar-refractivity contribution in [2.45, 2.75) is 32.3 Å². The average molecular weight is 641 g/mol. The number of aryl methyl sites for hydroxylation is 1. The molecule has 38 heavy (non-hydrogen) atoms. The number of fused-ring (bicyclic) bond motifs is 1. The number of benzene rings is 3. The quantitative estimate of drug-likeness (QED) is 0.157. The van der Waals surface area contributed by atoms with Gasteiger partial charge in [-0.3, -0.25) is 4.79 Å². The number of hydrogen-bond acceptors (Lipinski definition) is 5. The summed E-state index contributed by atoms with van der Waals surface area (Å²) in [5, 5.41) is 3.74. The summed E-state index contributed by atoms with van der Waals surface area (Å²) in [6, 6.07) is 19.8. The van der Waals surface area contributed by atoms with E-state index in [1.54, 1.807) is 42.9 Å². The van der Waals surface area contributed by atoms with Gasteiger partial charge in [-0.25, -0.2) is 9.38 Å². The average Bonchev–Trinajstić information content (AvgIpc) is 3.31. The second-order valence-corrected chi connectivity index (χ2v) is 11.1. The fourth-order valence-electron chi connectivity index (χ4n) is 4.44. The number of aliphatic imine (C=N–C) groups is 1. The lowest BCUT2D eigenvalue weighted by Gasteiger charge is -2.14. The lowest BCUT2D eigenvalue weighted by atomic mass is 9.95. The molecule has 0 unspecified atom stereocenters. The van der Waals surface area contributed by atoms with Crippen molar-refractivity contribution in [2.24, 2.45) is 4.99 Å². The van der Waals surface area contributed by atoms with Crippen molar-refractivity contribution in [3.8, 4) is 11.5 Å². The van der Waals surface area contributed by atoms with Crippen LogP contribution in [0.1, 0.15) is 44.8 Å². The summed E-state index contributed by atoms with van der Waals surface area (Å²) in [6.45, 7) is 0.0904. The molecule has 0 aliphatic heterocycles. The lowest BCUT2D eigenvalue weighted by Crippen LogP contribution is -2.14. The standard InChI is InChI=1S/C30H26FIN2O3S/c1-36-25-16-19(15-24(32)28(25)37-18-20-9-5-7-13-23(20)31)17-33-30-27(22-12-6-8-14-26(22)38-30)29(35)34-21-10-3-2-4-11-21/h2-5,7,9-11,13,15-17H,6,8,12,14,18H2,1H3,(H,34,35). The fraction of sp³-hybridized carbons (Fsp3) is 0.200. The second kappa shape index (κ2) is 12.1. The highest BCUT2D eigenvalue weighted by atomic mass is 127. The van der Waals surface area contributed by atoms with E-state index in [0.717, 1.165) is 46.1 Å². The molecule has 0 saturated carbocycles. The zero-order valence-corrected chi connectivity index (χ0v) is 23.8. The molecule has 5 rings (SSSR count). The van der Waals surface area contributed by atoms with Crippen LogP contribution >= 0.6 is 33.9 Å². The maximum atomic E-state index is 14.0. The minimum Gasteiger partial charge on any atom is -0.493 e. The molecule has 0 fully saturated rings. The number of nitrogens with zero attached hydrogens (tertiary/aromatic N) is 1. The van der Waals surface area contributed by atoms with E-state index in [2.05, 4.69) is 27.9 Å². The molecular formula is C30H26FIN2O3S. The van der Waals surface area contributed by atoms with Gasteiger partial charge in [0.2, 0.25) is 0 Å². The molecule has 1 N–H and O–H groups in total. The largest absolute Gasteiger partial charge is 0.493 e. The van der Waals surface area contributed by atoms with Crippen LogP contribution in [-0.4, -0.2) is 19.2 Å². The minimum atomic E-state index is -0.309. The molecule has 0 atom stereocenters. The number of halogens is 2. The van der Waals surface area contributed by atoms with E-state index in [-0.39, 0.29) is 18.3 Å². The molecule has 0 saturated heterocycles. The predicted octanol–water partition coefficient (Wildman–Crippen LogP) is 7.96. The third-order valence-electron chi connectivity index (χ3n) is 6.32. The summed E-state index contributed by atoms with van der Waals surface area (Å²) in [5.74, 6) is 0.632. The lowest BCUT2D eigenvalue weighted by molar-refractivity contribution is 0.102. The molecule has 1 aromatic heterocycles. The van der Waals surface area contributed by atoms with Gasteiger partial charge in [0, 0.05) is 22.3 Å². The Morgan fingerprint density at radius 3 is 2.66 bits per heavy atom. The molecule has 1 aliphatic carbocycles. The Hall–Kier alpha value is -3.24. The van der Waals surface area contributed by atoms with Gasteiger partial charge in [-0.2, -0.15) is 0 Å².